The van der Waals surface area contributed by atoms with Gasteiger partial charge >= 0.3 is 6.03 Å². The van der Waals surface area contributed by atoms with Crippen molar-refractivity contribution in [3.8, 4) is 11.5 Å². The highest BCUT2D eigenvalue weighted by Crippen LogP contribution is 2.23. The molecular formula is C23H37N3O3. The van der Waals surface area contributed by atoms with Crippen molar-refractivity contribution in [1.82, 2.24) is 14.7 Å². The molecule has 6 heteroatoms. The number of nitrogens with zero attached hydrogens (tertiary/aromatic N) is 3. The van der Waals surface area contributed by atoms with Crippen LogP contribution in [-0.4, -0.2) is 79.3 Å². The number of rotatable bonds is 8. The molecule has 2 aliphatic rings. The van der Waals surface area contributed by atoms with Crippen molar-refractivity contribution < 1.29 is 14.3 Å². The van der Waals surface area contributed by atoms with Gasteiger partial charge in [-0.1, -0.05) is 0 Å². The second-order valence-electron chi connectivity index (χ2n) is 8.30. The molecule has 0 radical (unpaired) electrons. The number of carbonyl (C=O) groups excluding carboxylic acids is 1. The molecule has 0 aliphatic carbocycles. The second-order valence-corrected chi connectivity index (χ2v) is 8.30. The molecule has 6 nitrogen and oxygen atoms in total. The topological polar surface area (TPSA) is 45.3 Å². The molecule has 1 aromatic rings. The third-order valence-electron chi connectivity index (χ3n) is 6.19. The summed E-state index contributed by atoms with van der Waals surface area (Å²) in [6.45, 7) is 9.67. The van der Waals surface area contributed by atoms with Gasteiger partial charge in [0.15, 0.2) is 0 Å². The molecule has 0 bridgehead atoms. The quantitative estimate of drug-likeness (QED) is 0.619. The zero-order chi connectivity index (χ0) is 20.6. The zero-order valence-corrected chi connectivity index (χ0v) is 18.3. The molecule has 3 rings (SSSR count). The molecule has 0 spiro atoms. The molecule has 2 aliphatic heterocycles. The smallest absolute Gasteiger partial charge is 0.319 e. The first kappa shape index (κ1) is 21.8. The van der Waals surface area contributed by atoms with Gasteiger partial charge in [0, 0.05) is 52.1 Å². The standard InChI is InChI=1S/C23H37N3O3/c1-4-24(3)23(27)26-16-12-22(13-17-26)29-21-10-8-20(9-11-21)28-18-6-15-25-14-5-7-19(25)2/h8-11,19,22H,4-7,12-18H2,1-3H3/t19-/m1/s1. The third kappa shape index (κ3) is 6.26. The molecule has 29 heavy (non-hydrogen) atoms. The van der Waals surface area contributed by atoms with Crippen molar-refractivity contribution in [3.63, 3.8) is 0 Å². The van der Waals surface area contributed by atoms with Crippen molar-refractivity contribution in [2.75, 3.05) is 46.4 Å². The van der Waals surface area contributed by atoms with Crippen LogP contribution in [0.1, 0.15) is 46.0 Å². The van der Waals surface area contributed by atoms with Gasteiger partial charge in [-0.2, -0.15) is 0 Å². The molecule has 0 aromatic heterocycles. The van der Waals surface area contributed by atoms with Gasteiger partial charge in [-0.15, -0.1) is 0 Å². The Kier molecular flexibility index (Phi) is 8.04. The van der Waals surface area contributed by atoms with Crippen LogP contribution in [-0.2, 0) is 0 Å². The molecule has 2 fully saturated rings. The monoisotopic (exact) mass is 403 g/mol. The molecule has 162 valence electrons. The van der Waals surface area contributed by atoms with Crippen LogP contribution in [0.25, 0.3) is 0 Å². The Morgan fingerprint density at radius 3 is 2.41 bits per heavy atom. The summed E-state index contributed by atoms with van der Waals surface area (Å²) in [5, 5.41) is 0. The first-order valence-electron chi connectivity index (χ1n) is 11.2. The fourth-order valence-corrected chi connectivity index (χ4v) is 4.13. The summed E-state index contributed by atoms with van der Waals surface area (Å²) >= 11 is 0. The number of carbonyl (C=O) groups is 1. The maximum Gasteiger partial charge on any atom is 0.319 e. The van der Waals surface area contributed by atoms with Crippen LogP contribution >= 0.6 is 0 Å². The largest absolute Gasteiger partial charge is 0.494 e. The molecule has 2 saturated heterocycles. The summed E-state index contributed by atoms with van der Waals surface area (Å²) in [5.41, 5.74) is 0. The number of piperidine rings is 1. The van der Waals surface area contributed by atoms with Crippen LogP contribution in [0.4, 0.5) is 4.79 Å². The highest BCUT2D eigenvalue weighted by molar-refractivity contribution is 5.74. The van der Waals surface area contributed by atoms with E-state index in [-0.39, 0.29) is 12.1 Å². The molecule has 0 unspecified atom stereocenters. The summed E-state index contributed by atoms with van der Waals surface area (Å²) in [7, 11) is 1.85. The highest BCUT2D eigenvalue weighted by Gasteiger charge is 2.25. The van der Waals surface area contributed by atoms with E-state index in [9.17, 15) is 4.79 Å². The Hall–Kier alpha value is -1.95. The van der Waals surface area contributed by atoms with Gasteiger partial charge in [0.25, 0.3) is 0 Å². The van der Waals surface area contributed by atoms with Crippen LogP contribution in [0.3, 0.4) is 0 Å². The first-order chi connectivity index (χ1) is 14.1. The molecule has 0 N–H and O–H groups in total. The van der Waals surface area contributed by atoms with E-state index in [1.807, 2.05) is 43.1 Å². The van der Waals surface area contributed by atoms with E-state index < -0.39 is 0 Å². The fourth-order valence-electron chi connectivity index (χ4n) is 4.13. The Morgan fingerprint density at radius 1 is 1.10 bits per heavy atom. The SMILES string of the molecule is CCN(C)C(=O)N1CCC(Oc2ccc(OCCCN3CCC[C@H]3C)cc2)CC1. The summed E-state index contributed by atoms with van der Waals surface area (Å²) in [6, 6.07) is 8.79. The van der Waals surface area contributed by atoms with Crippen molar-refractivity contribution in [2.24, 2.45) is 0 Å². The summed E-state index contributed by atoms with van der Waals surface area (Å²) < 4.78 is 12.0. The van der Waals surface area contributed by atoms with Gasteiger partial charge in [0.2, 0.25) is 0 Å². The fraction of sp³-hybridized carbons (Fsp3) is 0.696. The Balaban J connectivity index is 1.35. The molecule has 2 heterocycles. The molecule has 2 amide bonds. The van der Waals surface area contributed by atoms with Gasteiger partial charge < -0.3 is 24.2 Å². The normalized spacial score (nSPS) is 20.7. The number of hydrogen-bond donors (Lipinski definition) is 0. The summed E-state index contributed by atoms with van der Waals surface area (Å²) in [5.74, 6) is 1.77. The predicted octanol–water partition coefficient (Wildman–Crippen LogP) is 3.85. The third-order valence-corrected chi connectivity index (χ3v) is 6.19. The second kappa shape index (κ2) is 10.7. The van der Waals surface area contributed by atoms with Crippen molar-refractivity contribution in [2.45, 2.75) is 58.1 Å². The van der Waals surface area contributed by atoms with Crippen molar-refractivity contribution in [3.05, 3.63) is 24.3 Å². The lowest BCUT2D eigenvalue weighted by Gasteiger charge is -2.34. The average Bonchev–Trinajstić information content (AvgIpc) is 3.16. The lowest BCUT2D eigenvalue weighted by Crippen LogP contribution is -2.47. The van der Waals surface area contributed by atoms with E-state index >= 15 is 0 Å². The zero-order valence-electron chi connectivity index (χ0n) is 18.3. The molecule has 1 aromatic carbocycles. The van der Waals surface area contributed by atoms with Crippen LogP contribution in [0.2, 0.25) is 0 Å². The maximum absolute atomic E-state index is 12.2. The average molecular weight is 404 g/mol. The van der Waals surface area contributed by atoms with E-state index in [1.54, 1.807) is 4.90 Å². The van der Waals surface area contributed by atoms with Crippen LogP contribution in [0.15, 0.2) is 24.3 Å². The Bertz CT molecular complexity index is 629. The minimum absolute atomic E-state index is 0.117. The minimum Gasteiger partial charge on any atom is -0.494 e. The van der Waals surface area contributed by atoms with E-state index in [0.29, 0.717) is 0 Å². The summed E-state index contributed by atoms with van der Waals surface area (Å²) in [4.78, 5) is 18.5. The van der Waals surface area contributed by atoms with Crippen LogP contribution in [0, 0.1) is 0 Å². The number of hydrogen-bond acceptors (Lipinski definition) is 4. The lowest BCUT2D eigenvalue weighted by atomic mass is 10.1. The van der Waals surface area contributed by atoms with Gasteiger partial charge in [-0.25, -0.2) is 4.79 Å². The van der Waals surface area contributed by atoms with Crippen molar-refractivity contribution in [1.29, 1.82) is 0 Å². The number of ether oxygens (including phenoxy) is 2. The highest BCUT2D eigenvalue weighted by atomic mass is 16.5. The van der Waals surface area contributed by atoms with Gasteiger partial charge in [-0.05, 0) is 63.9 Å². The maximum atomic E-state index is 12.2. The van der Waals surface area contributed by atoms with Gasteiger partial charge in [0.1, 0.15) is 17.6 Å². The van der Waals surface area contributed by atoms with E-state index in [2.05, 4.69) is 11.8 Å². The van der Waals surface area contributed by atoms with Gasteiger partial charge in [0.05, 0.1) is 6.61 Å². The van der Waals surface area contributed by atoms with E-state index in [4.69, 9.17) is 9.47 Å². The predicted molar refractivity (Wildman–Crippen MR) is 116 cm³/mol. The lowest BCUT2D eigenvalue weighted by molar-refractivity contribution is 0.0990. The van der Waals surface area contributed by atoms with E-state index in [1.165, 1.54) is 19.4 Å². The summed E-state index contributed by atoms with van der Waals surface area (Å²) in [6.07, 6.45) is 5.63. The Labute approximate surface area is 175 Å². The first-order valence-corrected chi connectivity index (χ1v) is 11.2. The molecule has 0 saturated carbocycles. The molecular weight excluding hydrogens is 366 g/mol. The number of likely N-dealkylation sites (tertiary alicyclic amines) is 2. The van der Waals surface area contributed by atoms with Crippen LogP contribution < -0.4 is 9.47 Å². The molecule has 1 atom stereocenters. The van der Waals surface area contributed by atoms with Gasteiger partial charge in [-0.3, -0.25) is 0 Å². The Morgan fingerprint density at radius 2 is 1.79 bits per heavy atom. The minimum atomic E-state index is 0.117. The number of urea groups is 1. The number of benzene rings is 1. The van der Waals surface area contributed by atoms with Crippen LogP contribution in [0.5, 0.6) is 11.5 Å². The van der Waals surface area contributed by atoms with Crippen molar-refractivity contribution >= 4 is 6.03 Å². The van der Waals surface area contributed by atoms with E-state index in [0.717, 1.165) is 69.6 Å². The number of amides is 2.